The molecule has 2 aromatic carbocycles. The van der Waals surface area contributed by atoms with Crippen molar-refractivity contribution >= 4 is 11.9 Å². The first kappa shape index (κ1) is 15.7. The molecule has 0 bridgehead atoms. The second kappa shape index (κ2) is 7.86. The monoisotopic (exact) mass is 307 g/mol. The summed E-state index contributed by atoms with van der Waals surface area (Å²) < 4.78 is 5.40. The summed E-state index contributed by atoms with van der Waals surface area (Å²) in [6.07, 6.45) is 2.00. The largest absolute Gasteiger partial charge is 0.379 e. The van der Waals surface area contributed by atoms with Gasteiger partial charge in [-0.05, 0) is 11.6 Å². The molecule has 0 radical (unpaired) electrons. The van der Waals surface area contributed by atoms with Crippen molar-refractivity contribution in [2.75, 3.05) is 32.8 Å². The molecule has 1 heterocycles. The highest BCUT2D eigenvalue weighted by molar-refractivity contribution is 6.11. The van der Waals surface area contributed by atoms with Crippen molar-refractivity contribution in [2.24, 2.45) is 0 Å². The molecule has 0 N–H and O–H groups in total. The predicted octanol–water partition coefficient (Wildman–Crippen LogP) is 3.29. The van der Waals surface area contributed by atoms with Crippen LogP contribution in [-0.2, 0) is 4.74 Å². The molecule has 0 atom stereocenters. The van der Waals surface area contributed by atoms with E-state index in [2.05, 4.69) is 4.90 Å². The van der Waals surface area contributed by atoms with Crippen LogP contribution in [-0.4, -0.2) is 43.5 Å². The zero-order chi connectivity index (χ0) is 15.9. The van der Waals surface area contributed by atoms with E-state index in [1.54, 1.807) is 0 Å². The third kappa shape index (κ3) is 4.38. The molecule has 0 aliphatic carbocycles. The third-order valence-corrected chi connectivity index (χ3v) is 3.97. The zero-order valence-corrected chi connectivity index (χ0v) is 13.2. The van der Waals surface area contributed by atoms with Gasteiger partial charge in [-0.15, -0.1) is 0 Å². The first-order chi connectivity index (χ1) is 11.3. The number of Topliss-reactive ketones (excluding diaryl/α,β-unsaturated/α-hetero) is 1. The number of benzene rings is 2. The number of morpholine rings is 1. The number of ether oxygens (including phenoxy) is 1. The molecule has 2 aromatic rings. The van der Waals surface area contributed by atoms with Crippen LogP contribution in [0.4, 0.5) is 0 Å². The number of ketones is 1. The van der Waals surface area contributed by atoms with Crippen LogP contribution in [0.25, 0.3) is 6.08 Å². The van der Waals surface area contributed by atoms with Crippen molar-refractivity contribution in [2.45, 2.75) is 0 Å². The fourth-order valence-corrected chi connectivity index (χ4v) is 2.71. The van der Waals surface area contributed by atoms with Crippen molar-refractivity contribution in [3.05, 3.63) is 77.4 Å². The lowest BCUT2D eigenvalue weighted by Gasteiger charge is -2.27. The second-order valence-electron chi connectivity index (χ2n) is 5.66. The molecule has 0 spiro atoms. The predicted molar refractivity (Wildman–Crippen MR) is 92.5 cm³/mol. The Kier molecular flexibility index (Phi) is 5.35. The van der Waals surface area contributed by atoms with Crippen molar-refractivity contribution < 1.29 is 9.53 Å². The van der Waals surface area contributed by atoms with Crippen molar-refractivity contribution in [3.8, 4) is 0 Å². The Morgan fingerprint density at radius 2 is 1.57 bits per heavy atom. The smallest absolute Gasteiger partial charge is 0.190 e. The van der Waals surface area contributed by atoms with Crippen molar-refractivity contribution in [3.63, 3.8) is 0 Å². The van der Waals surface area contributed by atoms with Gasteiger partial charge in [0.2, 0.25) is 0 Å². The number of rotatable bonds is 5. The SMILES string of the molecule is O=C(/C(=C\c1ccccc1)CN1CCOCC1)c1ccccc1. The van der Waals surface area contributed by atoms with E-state index in [1.807, 2.05) is 66.7 Å². The summed E-state index contributed by atoms with van der Waals surface area (Å²) in [5, 5.41) is 0. The number of hydrogen-bond donors (Lipinski definition) is 0. The molecule has 1 aliphatic rings. The summed E-state index contributed by atoms with van der Waals surface area (Å²) in [4.78, 5) is 15.2. The minimum Gasteiger partial charge on any atom is -0.379 e. The van der Waals surface area contributed by atoms with Crippen LogP contribution in [0.5, 0.6) is 0 Å². The maximum atomic E-state index is 12.9. The fraction of sp³-hybridized carbons (Fsp3) is 0.250. The molecule has 23 heavy (non-hydrogen) atoms. The van der Waals surface area contributed by atoms with E-state index in [0.717, 1.165) is 43.0 Å². The van der Waals surface area contributed by atoms with E-state index in [0.29, 0.717) is 6.54 Å². The lowest BCUT2D eigenvalue weighted by Crippen LogP contribution is -2.38. The van der Waals surface area contributed by atoms with Gasteiger partial charge in [-0.1, -0.05) is 60.7 Å². The van der Waals surface area contributed by atoms with Crippen LogP contribution in [0.3, 0.4) is 0 Å². The highest BCUT2D eigenvalue weighted by atomic mass is 16.5. The Labute approximate surface area is 137 Å². The van der Waals surface area contributed by atoms with Crippen LogP contribution < -0.4 is 0 Å². The summed E-state index contributed by atoms with van der Waals surface area (Å²) in [6, 6.07) is 19.5. The molecule has 0 aromatic heterocycles. The Morgan fingerprint density at radius 3 is 2.22 bits per heavy atom. The topological polar surface area (TPSA) is 29.5 Å². The maximum absolute atomic E-state index is 12.9. The number of nitrogens with zero attached hydrogens (tertiary/aromatic N) is 1. The van der Waals surface area contributed by atoms with Gasteiger partial charge in [-0.25, -0.2) is 0 Å². The van der Waals surface area contributed by atoms with E-state index >= 15 is 0 Å². The Hall–Kier alpha value is -2.23. The van der Waals surface area contributed by atoms with Gasteiger partial charge >= 0.3 is 0 Å². The van der Waals surface area contributed by atoms with Crippen molar-refractivity contribution in [1.82, 2.24) is 4.90 Å². The van der Waals surface area contributed by atoms with E-state index in [4.69, 9.17) is 4.74 Å². The molecule has 1 saturated heterocycles. The standard InChI is InChI=1S/C20H21NO2/c22-20(18-9-5-2-6-10-18)19(15-17-7-3-1-4-8-17)16-21-11-13-23-14-12-21/h1-10,15H,11-14,16H2/b19-15-. The van der Waals surface area contributed by atoms with Crippen LogP contribution >= 0.6 is 0 Å². The molecule has 118 valence electrons. The molecule has 0 unspecified atom stereocenters. The first-order valence-electron chi connectivity index (χ1n) is 7.98. The van der Waals surface area contributed by atoms with Crippen LogP contribution in [0.1, 0.15) is 15.9 Å². The first-order valence-corrected chi connectivity index (χ1v) is 7.98. The van der Waals surface area contributed by atoms with E-state index in [9.17, 15) is 4.79 Å². The molecule has 1 fully saturated rings. The van der Waals surface area contributed by atoms with Gasteiger partial charge in [0.1, 0.15) is 0 Å². The summed E-state index contributed by atoms with van der Waals surface area (Å²) >= 11 is 0. The number of carbonyl (C=O) groups is 1. The Balaban J connectivity index is 1.86. The Bertz CT molecular complexity index is 659. The molecule has 0 saturated carbocycles. The zero-order valence-electron chi connectivity index (χ0n) is 13.2. The fourth-order valence-electron chi connectivity index (χ4n) is 2.71. The average molecular weight is 307 g/mol. The minimum absolute atomic E-state index is 0.0981. The van der Waals surface area contributed by atoms with Crippen LogP contribution in [0, 0.1) is 0 Å². The number of hydrogen-bond acceptors (Lipinski definition) is 3. The van der Waals surface area contributed by atoms with Gasteiger partial charge in [-0.2, -0.15) is 0 Å². The van der Waals surface area contributed by atoms with E-state index < -0.39 is 0 Å². The Morgan fingerprint density at radius 1 is 0.957 bits per heavy atom. The molecule has 0 amide bonds. The van der Waals surface area contributed by atoms with E-state index in [1.165, 1.54) is 0 Å². The molecule has 3 rings (SSSR count). The summed E-state index contributed by atoms with van der Waals surface area (Å²) in [5.41, 5.74) is 2.62. The summed E-state index contributed by atoms with van der Waals surface area (Å²) in [6.45, 7) is 3.87. The van der Waals surface area contributed by atoms with E-state index in [-0.39, 0.29) is 5.78 Å². The highest BCUT2D eigenvalue weighted by Crippen LogP contribution is 2.15. The summed E-state index contributed by atoms with van der Waals surface area (Å²) in [7, 11) is 0. The average Bonchev–Trinajstić information content (AvgIpc) is 2.63. The molecule has 3 heteroatoms. The van der Waals surface area contributed by atoms with Gasteiger partial charge < -0.3 is 4.74 Å². The van der Waals surface area contributed by atoms with Gasteiger partial charge in [0, 0.05) is 30.8 Å². The van der Waals surface area contributed by atoms with Crippen LogP contribution in [0.2, 0.25) is 0 Å². The van der Waals surface area contributed by atoms with Crippen molar-refractivity contribution in [1.29, 1.82) is 0 Å². The second-order valence-corrected chi connectivity index (χ2v) is 5.66. The minimum atomic E-state index is 0.0981. The lowest BCUT2D eigenvalue weighted by atomic mass is 10.0. The molecule has 3 nitrogen and oxygen atoms in total. The molecule has 1 aliphatic heterocycles. The summed E-state index contributed by atoms with van der Waals surface area (Å²) in [5.74, 6) is 0.0981. The normalized spacial score (nSPS) is 16.3. The number of carbonyl (C=O) groups excluding carboxylic acids is 1. The molecular formula is C20H21NO2. The van der Waals surface area contributed by atoms with Gasteiger partial charge in [-0.3, -0.25) is 9.69 Å². The molecular weight excluding hydrogens is 286 g/mol. The maximum Gasteiger partial charge on any atom is 0.190 e. The quantitative estimate of drug-likeness (QED) is 0.627. The van der Waals surface area contributed by atoms with Crippen LogP contribution in [0.15, 0.2) is 66.2 Å². The van der Waals surface area contributed by atoms with Gasteiger partial charge in [0.25, 0.3) is 0 Å². The van der Waals surface area contributed by atoms with Gasteiger partial charge in [0.15, 0.2) is 5.78 Å². The lowest BCUT2D eigenvalue weighted by molar-refractivity contribution is 0.0419. The highest BCUT2D eigenvalue weighted by Gasteiger charge is 2.18. The third-order valence-electron chi connectivity index (χ3n) is 3.97. The van der Waals surface area contributed by atoms with Gasteiger partial charge in [0.05, 0.1) is 13.2 Å².